The first-order valence-electron chi connectivity index (χ1n) is 13.4. The van der Waals surface area contributed by atoms with E-state index >= 15 is 4.39 Å². The lowest BCUT2D eigenvalue weighted by Gasteiger charge is -2.32. The van der Waals surface area contributed by atoms with E-state index in [4.69, 9.17) is 27.2 Å². The molecule has 3 saturated heterocycles. The van der Waals surface area contributed by atoms with E-state index in [1.165, 1.54) is 19.4 Å². The summed E-state index contributed by atoms with van der Waals surface area (Å²) < 4.78 is 41.8. The number of amides is 1. The highest BCUT2D eigenvalue weighted by Crippen LogP contribution is 2.36. The summed E-state index contributed by atoms with van der Waals surface area (Å²) in [5.41, 5.74) is 1.53. The van der Waals surface area contributed by atoms with Gasteiger partial charge in [-0.25, -0.2) is 24.1 Å². The second-order valence-corrected chi connectivity index (χ2v) is 10.7. The highest BCUT2D eigenvalue weighted by Gasteiger charge is 2.43. The predicted molar refractivity (Wildman–Crippen MR) is 140 cm³/mol. The molecule has 2 aromatic heterocycles. The Labute approximate surface area is 230 Å². The van der Waals surface area contributed by atoms with Crippen LogP contribution in [0.3, 0.4) is 0 Å². The van der Waals surface area contributed by atoms with Gasteiger partial charge in [-0.1, -0.05) is 11.6 Å². The number of nitrogens with zero attached hydrogens (tertiary/aromatic N) is 5. The van der Waals surface area contributed by atoms with Gasteiger partial charge in [-0.05, 0) is 38.8 Å². The van der Waals surface area contributed by atoms with Crippen molar-refractivity contribution in [2.75, 3.05) is 32.1 Å². The van der Waals surface area contributed by atoms with Crippen LogP contribution in [0.1, 0.15) is 45.8 Å². The molecule has 1 aromatic carbocycles. The SMILES string of the molecule is [2H][C@@H]1C(Nc2ncc(Cl)c(-c3cc(F)c4nc([C@@H]5CCN(C(=O)OC)C5)n(C(C)C)c4c3)n2)[C@H](O)[C@@H]2OC[C@H]1O2. The number of imidazole rings is 1. The van der Waals surface area contributed by atoms with Gasteiger partial charge in [-0.3, -0.25) is 0 Å². The lowest BCUT2D eigenvalue weighted by atomic mass is 10.0. The number of fused-ring (bicyclic) bond motifs is 3. The Morgan fingerprint density at radius 2 is 2.21 bits per heavy atom. The molecule has 0 spiro atoms. The Bertz CT molecular complexity index is 1440. The fraction of sp³-hybridized carbons (Fsp3) is 0.538. The minimum Gasteiger partial charge on any atom is -0.453 e. The summed E-state index contributed by atoms with van der Waals surface area (Å²) in [4.78, 5) is 27.1. The van der Waals surface area contributed by atoms with Gasteiger partial charge in [0, 0.05) is 32.0 Å². The van der Waals surface area contributed by atoms with E-state index in [1.807, 2.05) is 18.4 Å². The molecule has 208 valence electrons. The molecule has 6 rings (SSSR count). The van der Waals surface area contributed by atoms with Gasteiger partial charge in [-0.15, -0.1) is 0 Å². The summed E-state index contributed by atoms with van der Waals surface area (Å²) in [7, 11) is 1.35. The Balaban J connectivity index is 1.35. The molecule has 39 heavy (non-hydrogen) atoms. The maximum Gasteiger partial charge on any atom is 0.409 e. The van der Waals surface area contributed by atoms with E-state index in [0.29, 0.717) is 36.4 Å². The van der Waals surface area contributed by atoms with E-state index < -0.39 is 42.8 Å². The van der Waals surface area contributed by atoms with Crippen molar-refractivity contribution < 1.29 is 29.9 Å². The van der Waals surface area contributed by atoms with Gasteiger partial charge in [0.15, 0.2) is 12.1 Å². The number of aliphatic hydroxyl groups is 1. The van der Waals surface area contributed by atoms with Crippen LogP contribution in [0, 0.1) is 5.82 Å². The summed E-state index contributed by atoms with van der Waals surface area (Å²) >= 11 is 6.49. The molecule has 1 unspecified atom stereocenters. The summed E-state index contributed by atoms with van der Waals surface area (Å²) in [6, 6.07) is 2.36. The van der Waals surface area contributed by atoms with Crippen molar-refractivity contribution in [2.24, 2.45) is 0 Å². The minimum absolute atomic E-state index is 0.0403. The normalized spacial score (nSPS) is 28.8. The standard InChI is InChI=1S/C26H30ClFN6O5/c1-12(2)34-19-7-14(6-17(28)21(19)31-23(34)13-4-5-33(10-13)26(36)37-3)20-16(27)9-29-25(32-20)30-18-8-15-11-38-24(39-15)22(18)35/h6-7,9,12-13,15,18,22,24,35H,4-5,8,10-11H2,1-3H3,(H,29,30,32)/t13-,15+,18?,22+,24-/m1/s1/i8D/t8-,13+,15-,18?,22-,24+/m0. The molecule has 11 nitrogen and oxygen atoms in total. The number of methoxy groups -OCH3 is 1. The molecule has 0 aliphatic carbocycles. The minimum atomic E-state index is -1.10. The van der Waals surface area contributed by atoms with Gasteiger partial charge < -0.3 is 34.1 Å². The third-order valence-corrected chi connectivity index (χ3v) is 7.67. The Kier molecular flexibility index (Phi) is 6.50. The van der Waals surface area contributed by atoms with Crippen LogP contribution in [0.25, 0.3) is 22.3 Å². The topological polar surface area (TPSA) is 124 Å². The maximum absolute atomic E-state index is 15.6. The van der Waals surface area contributed by atoms with E-state index in [1.54, 1.807) is 11.0 Å². The fourth-order valence-corrected chi connectivity index (χ4v) is 5.76. The number of halogens is 2. The van der Waals surface area contributed by atoms with Crippen LogP contribution in [0.15, 0.2) is 18.3 Å². The van der Waals surface area contributed by atoms with E-state index in [-0.39, 0.29) is 40.7 Å². The van der Waals surface area contributed by atoms with Crippen molar-refractivity contribution in [1.29, 1.82) is 0 Å². The summed E-state index contributed by atoms with van der Waals surface area (Å²) in [5, 5.41) is 13.9. The Morgan fingerprint density at radius 3 is 2.97 bits per heavy atom. The zero-order valence-electron chi connectivity index (χ0n) is 22.7. The van der Waals surface area contributed by atoms with Gasteiger partial charge in [0.25, 0.3) is 0 Å². The first-order chi connectivity index (χ1) is 19.2. The quantitative estimate of drug-likeness (QED) is 0.479. The van der Waals surface area contributed by atoms with Crippen LogP contribution in [0.4, 0.5) is 15.1 Å². The van der Waals surface area contributed by atoms with Crippen molar-refractivity contribution in [3.05, 3.63) is 35.0 Å². The molecule has 5 heterocycles. The molecule has 2 N–H and O–H groups in total. The smallest absolute Gasteiger partial charge is 0.409 e. The zero-order valence-corrected chi connectivity index (χ0v) is 22.4. The third-order valence-electron chi connectivity index (χ3n) is 7.39. The van der Waals surface area contributed by atoms with Crippen LogP contribution < -0.4 is 5.32 Å². The molecule has 2 bridgehead atoms. The van der Waals surface area contributed by atoms with Crippen LogP contribution in [0.5, 0.6) is 0 Å². The van der Waals surface area contributed by atoms with E-state index in [2.05, 4.69) is 20.3 Å². The summed E-state index contributed by atoms with van der Waals surface area (Å²) in [6.07, 6.45) is -1.51. The number of carbonyl (C=O) groups is 1. The number of rotatable bonds is 5. The Morgan fingerprint density at radius 1 is 1.38 bits per heavy atom. The average Bonchev–Trinajstić information content (AvgIpc) is 3.68. The molecule has 6 atom stereocenters. The maximum atomic E-state index is 15.6. The first kappa shape index (κ1) is 24.9. The molecule has 0 saturated carbocycles. The number of aromatic nitrogens is 4. The number of carbonyl (C=O) groups excluding carboxylic acids is 1. The highest BCUT2D eigenvalue weighted by atomic mass is 35.5. The first-order valence-corrected chi connectivity index (χ1v) is 13.2. The van der Waals surface area contributed by atoms with Gasteiger partial charge in [-0.2, -0.15) is 0 Å². The van der Waals surface area contributed by atoms with Crippen molar-refractivity contribution in [3.8, 4) is 11.3 Å². The number of likely N-dealkylation sites (tertiary alicyclic amines) is 1. The molecular formula is C26H30ClFN6O5. The highest BCUT2D eigenvalue weighted by molar-refractivity contribution is 6.33. The predicted octanol–water partition coefficient (Wildman–Crippen LogP) is 3.71. The lowest BCUT2D eigenvalue weighted by Crippen LogP contribution is -2.48. The number of benzene rings is 1. The number of hydrogen-bond donors (Lipinski definition) is 2. The number of hydrogen-bond acceptors (Lipinski definition) is 9. The molecule has 1 amide bonds. The summed E-state index contributed by atoms with van der Waals surface area (Å²) in [6.45, 7) is 5.19. The van der Waals surface area contributed by atoms with Crippen LogP contribution >= 0.6 is 11.6 Å². The van der Waals surface area contributed by atoms with Gasteiger partial charge in [0.2, 0.25) is 5.95 Å². The summed E-state index contributed by atoms with van der Waals surface area (Å²) in [5.74, 6) is 0.239. The molecule has 3 fully saturated rings. The largest absolute Gasteiger partial charge is 0.453 e. The molecule has 3 aliphatic heterocycles. The molecule has 3 aliphatic rings. The number of anilines is 1. The third kappa shape index (κ3) is 4.69. The molecule has 3 aromatic rings. The van der Waals surface area contributed by atoms with Crippen molar-refractivity contribution in [1.82, 2.24) is 24.4 Å². The molecule has 0 radical (unpaired) electrons. The van der Waals surface area contributed by atoms with Gasteiger partial charge in [0.1, 0.15) is 17.4 Å². The van der Waals surface area contributed by atoms with E-state index in [0.717, 1.165) is 0 Å². The van der Waals surface area contributed by atoms with Crippen molar-refractivity contribution >= 4 is 34.7 Å². The van der Waals surface area contributed by atoms with Crippen molar-refractivity contribution in [2.45, 2.75) is 63.2 Å². The van der Waals surface area contributed by atoms with Gasteiger partial charge in [0.05, 0.1) is 48.3 Å². The Hall–Kier alpha value is -3.06. The average molecular weight is 562 g/mol. The number of nitrogens with one attached hydrogen (secondary N) is 1. The number of aliphatic hydroxyl groups excluding tert-OH is 1. The lowest BCUT2D eigenvalue weighted by molar-refractivity contribution is -0.156. The number of ether oxygens (including phenoxy) is 3. The van der Waals surface area contributed by atoms with E-state index in [9.17, 15) is 9.90 Å². The second-order valence-electron chi connectivity index (χ2n) is 10.3. The fourth-order valence-electron chi connectivity index (χ4n) is 5.56. The molecule has 13 heteroatoms. The van der Waals surface area contributed by atoms with Crippen LogP contribution in [0.2, 0.25) is 5.02 Å². The van der Waals surface area contributed by atoms with Crippen molar-refractivity contribution in [3.63, 3.8) is 0 Å². The second kappa shape index (κ2) is 10.2. The van der Waals surface area contributed by atoms with Gasteiger partial charge >= 0.3 is 6.09 Å². The monoisotopic (exact) mass is 561 g/mol. The van der Waals surface area contributed by atoms with Crippen LogP contribution in [-0.4, -0.2) is 87.0 Å². The van der Waals surface area contributed by atoms with Crippen LogP contribution in [-0.2, 0) is 14.2 Å². The molecular weight excluding hydrogens is 531 g/mol. The zero-order chi connectivity index (χ0) is 28.3.